The molecule has 0 atom stereocenters. The van der Waals surface area contributed by atoms with Crippen molar-refractivity contribution in [1.29, 1.82) is 0 Å². The molecule has 0 bridgehead atoms. The number of anilines is 2. The van der Waals surface area contributed by atoms with E-state index in [9.17, 15) is 0 Å². The van der Waals surface area contributed by atoms with Gasteiger partial charge in [0.25, 0.3) is 0 Å². The van der Waals surface area contributed by atoms with Crippen LogP contribution in [0, 0.1) is 6.92 Å². The highest BCUT2D eigenvalue weighted by Crippen LogP contribution is 2.27. The largest absolute Gasteiger partial charge is 0.368 e. The Labute approximate surface area is 144 Å². The minimum Gasteiger partial charge on any atom is -0.368 e. The van der Waals surface area contributed by atoms with Crippen LogP contribution in [-0.4, -0.2) is 51.4 Å². The number of hydrogen-bond acceptors (Lipinski definition) is 6. The zero-order valence-electron chi connectivity index (χ0n) is 13.3. The smallest absolute Gasteiger partial charge is 0.239 e. The van der Waals surface area contributed by atoms with E-state index in [1.54, 1.807) is 12.4 Å². The van der Waals surface area contributed by atoms with Crippen LogP contribution in [0.4, 0.5) is 11.6 Å². The van der Waals surface area contributed by atoms with E-state index in [-0.39, 0.29) is 0 Å². The molecule has 0 aliphatic carbocycles. The van der Waals surface area contributed by atoms with Gasteiger partial charge in [0.1, 0.15) is 0 Å². The quantitative estimate of drug-likeness (QED) is 0.761. The number of fused-ring (bicyclic) bond motifs is 1. The number of nitrogens with zero attached hydrogens (tertiary/aromatic N) is 5. The van der Waals surface area contributed by atoms with Crippen LogP contribution in [0.15, 0.2) is 30.6 Å². The maximum Gasteiger partial charge on any atom is 0.239 e. The van der Waals surface area contributed by atoms with Crippen LogP contribution in [0.25, 0.3) is 11.0 Å². The van der Waals surface area contributed by atoms with E-state index in [1.165, 1.54) is 5.56 Å². The summed E-state index contributed by atoms with van der Waals surface area (Å²) >= 11 is 6.34. The predicted octanol–water partition coefficient (Wildman–Crippen LogP) is 2.46. The van der Waals surface area contributed by atoms with Crippen LogP contribution in [0.3, 0.4) is 0 Å². The van der Waals surface area contributed by atoms with E-state index in [0.29, 0.717) is 5.95 Å². The Morgan fingerprint density at radius 2 is 2.00 bits per heavy atom. The van der Waals surface area contributed by atoms with Gasteiger partial charge in [-0.2, -0.15) is 10.1 Å². The van der Waals surface area contributed by atoms with Gasteiger partial charge in [-0.3, -0.25) is 10.5 Å². The number of nitrogens with one attached hydrogen (secondary N) is 2. The zero-order chi connectivity index (χ0) is 16.5. The first-order valence-electron chi connectivity index (χ1n) is 7.88. The number of benzene rings is 1. The molecular weight excluding hydrogens is 326 g/mol. The molecule has 0 unspecified atom stereocenters. The minimum absolute atomic E-state index is 0.578. The minimum atomic E-state index is 0.578. The van der Waals surface area contributed by atoms with Crippen LogP contribution in [0.1, 0.15) is 5.56 Å². The van der Waals surface area contributed by atoms with Crippen molar-refractivity contribution in [1.82, 2.24) is 25.2 Å². The second-order valence-electron chi connectivity index (χ2n) is 5.91. The maximum atomic E-state index is 6.34. The molecule has 2 aromatic heterocycles. The van der Waals surface area contributed by atoms with E-state index < -0.39 is 0 Å². The van der Waals surface area contributed by atoms with Gasteiger partial charge in [0.05, 0.1) is 22.3 Å². The highest BCUT2D eigenvalue weighted by atomic mass is 35.5. The third kappa shape index (κ3) is 3.00. The topological polar surface area (TPSA) is 73.0 Å². The zero-order valence-corrected chi connectivity index (χ0v) is 14.1. The Bertz CT molecular complexity index is 855. The molecular formula is C16H18ClN7. The lowest BCUT2D eigenvalue weighted by Gasteiger charge is -2.36. The first-order valence-corrected chi connectivity index (χ1v) is 8.26. The third-order valence-electron chi connectivity index (χ3n) is 4.17. The number of hydrogen-bond donors (Lipinski definition) is 2. The Morgan fingerprint density at radius 3 is 2.83 bits per heavy atom. The summed E-state index contributed by atoms with van der Waals surface area (Å²) in [6, 6.07) is 6.14. The number of piperazine rings is 1. The van der Waals surface area contributed by atoms with Crippen molar-refractivity contribution in [2.45, 2.75) is 6.92 Å². The fourth-order valence-electron chi connectivity index (χ4n) is 2.86. The Morgan fingerprint density at radius 1 is 1.17 bits per heavy atom. The number of aromatic amines is 1. The van der Waals surface area contributed by atoms with E-state index in [0.717, 1.165) is 47.9 Å². The molecule has 3 heterocycles. The fraction of sp³-hybridized carbons (Fsp3) is 0.312. The number of aromatic nitrogens is 4. The third-order valence-corrected chi connectivity index (χ3v) is 4.49. The van der Waals surface area contributed by atoms with Gasteiger partial charge in [-0.15, -0.1) is 0 Å². The van der Waals surface area contributed by atoms with E-state index >= 15 is 0 Å². The van der Waals surface area contributed by atoms with E-state index in [1.807, 2.05) is 12.1 Å². The van der Waals surface area contributed by atoms with E-state index in [2.05, 4.69) is 48.5 Å². The molecule has 0 spiro atoms. The molecule has 1 fully saturated rings. The highest BCUT2D eigenvalue weighted by Gasteiger charge is 2.19. The normalized spacial score (nSPS) is 15.8. The molecule has 7 nitrogen and oxygen atoms in total. The molecule has 8 heteroatoms. The molecule has 1 aliphatic heterocycles. The van der Waals surface area contributed by atoms with Gasteiger partial charge < -0.3 is 4.90 Å². The molecule has 0 amide bonds. The van der Waals surface area contributed by atoms with Crippen LogP contribution < -0.4 is 10.3 Å². The summed E-state index contributed by atoms with van der Waals surface area (Å²) in [6.45, 7) is 5.58. The Kier molecular flexibility index (Phi) is 3.95. The van der Waals surface area contributed by atoms with Crippen molar-refractivity contribution in [2.24, 2.45) is 0 Å². The van der Waals surface area contributed by atoms with Gasteiger partial charge >= 0.3 is 0 Å². The van der Waals surface area contributed by atoms with Crippen LogP contribution in [-0.2, 0) is 0 Å². The molecule has 1 aliphatic rings. The molecule has 1 aromatic carbocycles. The van der Waals surface area contributed by atoms with Crippen molar-refractivity contribution < 1.29 is 0 Å². The molecule has 0 radical (unpaired) electrons. The SMILES string of the molecule is Cc1ccc(Cl)c(N2CCN(Nc3ncc4cn[nH]c4n3)CC2)c1. The maximum absolute atomic E-state index is 6.34. The summed E-state index contributed by atoms with van der Waals surface area (Å²) in [6.07, 6.45) is 3.47. The average molecular weight is 344 g/mol. The monoisotopic (exact) mass is 343 g/mol. The standard InChI is InChI=1S/C16H18ClN7/c1-11-2-3-13(17)14(8-11)23-4-6-24(7-5-23)22-16-18-9-12-10-19-21-15(12)20-16/h2-3,8-10H,4-7H2,1H3,(H2,18,19,20,21,22). The number of rotatable bonds is 3. The second-order valence-corrected chi connectivity index (χ2v) is 6.32. The Balaban J connectivity index is 1.41. The second kappa shape index (κ2) is 6.26. The summed E-state index contributed by atoms with van der Waals surface area (Å²) in [5.41, 5.74) is 6.32. The predicted molar refractivity (Wildman–Crippen MR) is 95.3 cm³/mol. The molecule has 0 saturated carbocycles. The van der Waals surface area contributed by atoms with Gasteiger partial charge in [0.2, 0.25) is 5.95 Å². The first-order chi connectivity index (χ1) is 11.7. The van der Waals surface area contributed by atoms with Crippen molar-refractivity contribution in [3.63, 3.8) is 0 Å². The van der Waals surface area contributed by atoms with Crippen LogP contribution in [0.5, 0.6) is 0 Å². The molecule has 124 valence electrons. The van der Waals surface area contributed by atoms with Crippen molar-refractivity contribution >= 4 is 34.3 Å². The van der Waals surface area contributed by atoms with Gasteiger partial charge in [0.15, 0.2) is 5.65 Å². The number of H-pyrrole nitrogens is 1. The average Bonchev–Trinajstić information content (AvgIpc) is 3.06. The van der Waals surface area contributed by atoms with Crippen LogP contribution >= 0.6 is 11.6 Å². The summed E-state index contributed by atoms with van der Waals surface area (Å²) in [7, 11) is 0. The lowest BCUT2D eigenvalue weighted by atomic mass is 10.2. The molecule has 3 aromatic rings. The summed E-state index contributed by atoms with van der Waals surface area (Å²) in [4.78, 5) is 11.0. The molecule has 2 N–H and O–H groups in total. The molecule has 24 heavy (non-hydrogen) atoms. The lowest BCUT2D eigenvalue weighted by Crippen LogP contribution is -2.49. The van der Waals surface area contributed by atoms with E-state index in [4.69, 9.17) is 11.6 Å². The summed E-state index contributed by atoms with van der Waals surface area (Å²) in [5, 5.41) is 10.6. The van der Waals surface area contributed by atoms with Crippen molar-refractivity contribution in [3.05, 3.63) is 41.2 Å². The van der Waals surface area contributed by atoms with Gasteiger partial charge in [-0.25, -0.2) is 9.99 Å². The van der Waals surface area contributed by atoms with Crippen molar-refractivity contribution in [3.8, 4) is 0 Å². The molecule has 4 rings (SSSR count). The first kappa shape index (κ1) is 15.2. The summed E-state index contributed by atoms with van der Waals surface area (Å²) in [5.74, 6) is 0.578. The Hall–Kier alpha value is -2.38. The number of halogens is 1. The highest BCUT2D eigenvalue weighted by molar-refractivity contribution is 6.33. The fourth-order valence-corrected chi connectivity index (χ4v) is 3.09. The van der Waals surface area contributed by atoms with Crippen LogP contribution in [0.2, 0.25) is 5.02 Å². The van der Waals surface area contributed by atoms with Crippen molar-refractivity contribution in [2.75, 3.05) is 36.5 Å². The molecule has 1 saturated heterocycles. The van der Waals surface area contributed by atoms with Gasteiger partial charge in [-0.05, 0) is 24.6 Å². The lowest BCUT2D eigenvalue weighted by molar-refractivity contribution is 0.305. The number of hydrazine groups is 1. The van der Waals surface area contributed by atoms with Gasteiger partial charge in [-0.1, -0.05) is 17.7 Å². The van der Waals surface area contributed by atoms with Gasteiger partial charge in [0, 0.05) is 32.4 Å². The summed E-state index contributed by atoms with van der Waals surface area (Å²) < 4.78 is 0. The number of aryl methyl sites for hydroxylation is 1.